The molecule has 0 bridgehead atoms. The van der Waals surface area contributed by atoms with E-state index in [2.05, 4.69) is 24.4 Å². The van der Waals surface area contributed by atoms with Crippen LogP contribution in [-0.4, -0.2) is 50.1 Å². The monoisotopic (exact) mass is 494 g/mol. The van der Waals surface area contributed by atoms with Gasteiger partial charge in [-0.1, -0.05) is 96.1 Å². The second-order valence-corrected chi connectivity index (χ2v) is 11.2. The van der Waals surface area contributed by atoms with Gasteiger partial charge in [0.05, 0.1) is 27.1 Å². The van der Waals surface area contributed by atoms with Crippen molar-refractivity contribution in [1.82, 2.24) is 5.32 Å². The molecule has 0 heterocycles. The van der Waals surface area contributed by atoms with E-state index in [1.807, 2.05) is 21.1 Å². The second-order valence-electron chi connectivity index (χ2n) is 11.2. The lowest BCUT2D eigenvalue weighted by Crippen LogP contribution is -2.54. The predicted octanol–water partition coefficient (Wildman–Crippen LogP) is 6.31. The van der Waals surface area contributed by atoms with Crippen molar-refractivity contribution in [2.45, 2.75) is 141 Å². The molecule has 5 heteroatoms. The molecule has 0 aliphatic heterocycles. The molecule has 1 N–H and O–H groups in total. The van der Waals surface area contributed by atoms with Crippen molar-refractivity contribution in [2.24, 2.45) is 0 Å². The third kappa shape index (κ3) is 22.8. The van der Waals surface area contributed by atoms with Gasteiger partial charge in [-0.2, -0.15) is 0 Å². The van der Waals surface area contributed by atoms with Crippen LogP contribution in [0.25, 0.3) is 0 Å². The lowest BCUT2D eigenvalue weighted by Gasteiger charge is -2.34. The van der Waals surface area contributed by atoms with Gasteiger partial charge in [0.2, 0.25) is 5.91 Å². The van der Waals surface area contributed by atoms with Crippen LogP contribution >= 0.6 is 0 Å². The Morgan fingerprint density at radius 2 is 1.17 bits per heavy atom. The molecule has 0 aromatic rings. The number of carbonyl (C=O) groups is 2. The van der Waals surface area contributed by atoms with Gasteiger partial charge < -0.3 is 19.7 Å². The van der Waals surface area contributed by atoms with Crippen molar-refractivity contribution in [3.05, 3.63) is 12.2 Å². The number of aliphatic carboxylic acids is 1. The summed E-state index contributed by atoms with van der Waals surface area (Å²) < 4.78 is 0.340. The van der Waals surface area contributed by atoms with Gasteiger partial charge in [0.1, 0.15) is 6.04 Å². The van der Waals surface area contributed by atoms with Gasteiger partial charge >= 0.3 is 0 Å². The molecule has 5 nitrogen and oxygen atoms in total. The fourth-order valence-electron chi connectivity index (χ4n) is 4.50. The predicted molar refractivity (Wildman–Crippen MR) is 147 cm³/mol. The van der Waals surface area contributed by atoms with Crippen LogP contribution in [0.15, 0.2) is 12.2 Å². The molecule has 0 fully saturated rings. The van der Waals surface area contributed by atoms with Gasteiger partial charge in [0, 0.05) is 19.4 Å². The number of likely N-dealkylation sites (N-methyl/N-ethyl adjacent to an activating group) is 1. The smallest absolute Gasteiger partial charge is 0.219 e. The number of nitrogens with one attached hydrogen (secondary N) is 1. The van der Waals surface area contributed by atoms with Crippen LogP contribution in [0, 0.1) is 0 Å². The molecule has 206 valence electrons. The molecule has 1 amide bonds. The Labute approximate surface area is 217 Å². The molecule has 1 unspecified atom stereocenters. The molecule has 0 spiro atoms. The van der Waals surface area contributed by atoms with Crippen molar-refractivity contribution in [2.75, 3.05) is 27.7 Å². The summed E-state index contributed by atoms with van der Waals surface area (Å²) in [6, 6.07) is -0.538. The molecule has 0 saturated carbocycles. The van der Waals surface area contributed by atoms with E-state index in [1.54, 1.807) is 0 Å². The zero-order chi connectivity index (χ0) is 26.2. The maximum Gasteiger partial charge on any atom is 0.219 e. The van der Waals surface area contributed by atoms with Crippen molar-refractivity contribution in [3.63, 3.8) is 0 Å². The number of amides is 1. The third-order valence-electron chi connectivity index (χ3n) is 6.85. The molecular formula is C30H58N2O3. The maximum atomic E-state index is 12.0. The Balaban J connectivity index is 3.39. The van der Waals surface area contributed by atoms with E-state index in [0.29, 0.717) is 30.3 Å². The number of carbonyl (C=O) groups excluding carboxylic acids is 2. The molecule has 0 saturated heterocycles. The molecule has 0 aromatic heterocycles. The summed E-state index contributed by atoms with van der Waals surface area (Å²) in [6.07, 6.45) is 28.5. The van der Waals surface area contributed by atoms with Crippen LogP contribution in [0.2, 0.25) is 0 Å². The minimum Gasteiger partial charge on any atom is -0.544 e. The standard InChI is InChI=1S/C30H58N2O3/c1-5-6-7-8-9-10-11-12-13-14-15-16-17-18-19-20-21-22-23-26-29(33)31-27-24-25-28(30(34)35)32(2,3)4/h12-13,28H,5-11,14-27H2,1-4H3,(H-,31,33,34,35)/b13-12-. The summed E-state index contributed by atoms with van der Waals surface area (Å²) in [4.78, 5) is 23.2. The topological polar surface area (TPSA) is 69.2 Å². The Bertz CT molecular complexity index is 540. The second kappa shape index (κ2) is 23.1. The number of unbranched alkanes of at least 4 members (excludes halogenated alkanes) is 15. The van der Waals surface area contributed by atoms with Gasteiger partial charge in [-0.05, 0) is 38.5 Å². The van der Waals surface area contributed by atoms with Crippen LogP contribution in [0.4, 0.5) is 0 Å². The van der Waals surface area contributed by atoms with Crippen LogP contribution in [0.5, 0.6) is 0 Å². The van der Waals surface area contributed by atoms with E-state index in [9.17, 15) is 14.7 Å². The van der Waals surface area contributed by atoms with Gasteiger partial charge in [0.25, 0.3) is 0 Å². The first-order chi connectivity index (χ1) is 16.8. The fraction of sp³-hybridized carbons (Fsp3) is 0.867. The zero-order valence-electron chi connectivity index (χ0n) is 23.8. The molecule has 0 aromatic carbocycles. The maximum absolute atomic E-state index is 12.0. The molecule has 35 heavy (non-hydrogen) atoms. The number of allylic oxidation sites excluding steroid dienone is 2. The van der Waals surface area contributed by atoms with Crippen LogP contribution in [0.1, 0.15) is 135 Å². The SMILES string of the molecule is CCCCCCCC/C=C\CCCCCCCCCCCC(=O)NCCCC(C(=O)[O-])[N+](C)(C)C. The Morgan fingerprint density at radius 3 is 1.63 bits per heavy atom. The molecule has 0 aliphatic rings. The first-order valence-corrected chi connectivity index (χ1v) is 14.7. The molecule has 0 radical (unpaired) electrons. The highest BCUT2D eigenvalue weighted by Crippen LogP contribution is 2.13. The van der Waals surface area contributed by atoms with Gasteiger partial charge in [0.15, 0.2) is 0 Å². The summed E-state index contributed by atoms with van der Waals surface area (Å²) in [6.45, 7) is 2.81. The summed E-state index contributed by atoms with van der Waals surface area (Å²) >= 11 is 0. The number of carboxylic acids is 1. The Hall–Kier alpha value is -1.36. The van der Waals surface area contributed by atoms with Crippen LogP contribution in [-0.2, 0) is 9.59 Å². The lowest BCUT2D eigenvalue weighted by molar-refractivity contribution is -0.889. The third-order valence-corrected chi connectivity index (χ3v) is 6.85. The van der Waals surface area contributed by atoms with Crippen molar-refractivity contribution >= 4 is 11.9 Å². The number of rotatable bonds is 25. The lowest BCUT2D eigenvalue weighted by atomic mass is 10.1. The van der Waals surface area contributed by atoms with Crippen molar-refractivity contribution in [3.8, 4) is 0 Å². The highest BCUT2D eigenvalue weighted by molar-refractivity contribution is 5.75. The summed E-state index contributed by atoms with van der Waals surface area (Å²) in [5, 5.41) is 14.2. The number of hydrogen-bond donors (Lipinski definition) is 1. The number of quaternary nitrogens is 1. The van der Waals surface area contributed by atoms with Crippen LogP contribution < -0.4 is 10.4 Å². The summed E-state index contributed by atoms with van der Waals surface area (Å²) in [5.74, 6) is -0.934. The van der Waals surface area contributed by atoms with E-state index in [-0.39, 0.29) is 5.91 Å². The van der Waals surface area contributed by atoms with E-state index in [1.165, 1.54) is 96.3 Å². The fourth-order valence-corrected chi connectivity index (χ4v) is 4.50. The van der Waals surface area contributed by atoms with E-state index >= 15 is 0 Å². The summed E-state index contributed by atoms with van der Waals surface area (Å²) in [5.41, 5.74) is 0. The highest BCUT2D eigenvalue weighted by Gasteiger charge is 2.24. The normalized spacial score (nSPS) is 12.8. The average Bonchev–Trinajstić information content (AvgIpc) is 2.79. The van der Waals surface area contributed by atoms with Crippen molar-refractivity contribution < 1.29 is 19.2 Å². The quantitative estimate of drug-likeness (QED) is 0.0919. The first kappa shape index (κ1) is 33.6. The van der Waals surface area contributed by atoms with E-state index < -0.39 is 12.0 Å². The molecule has 0 rings (SSSR count). The first-order valence-electron chi connectivity index (χ1n) is 14.7. The highest BCUT2D eigenvalue weighted by atomic mass is 16.4. The number of nitrogens with zero attached hydrogens (tertiary/aromatic N) is 1. The Kier molecular flexibility index (Phi) is 22.2. The Morgan fingerprint density at radius 1 is 0.714 bits per heavy atom. The largest absolute Gasteiger partial charge is 0.544 e. The van der Waals surface area contributed by atoms with Gasteiger partial charge in [-0.15, -0.1) is 0 Å². The van der Waals surface area contributed by atoms with Gasteiger partial charge in [-0.25, -0.2) is 0 Å². The van der Waals surface area contributed by atoms with Crippen molar-refractivity contribution in [1.29, 1.82) is 0 Å². The van der Waals surface area contributed by atoms with Crippen LogP contribution in [0.3, 0.4) is 0 Å². The minimum absolute atomic E-state index is 0.0845. The van der Waals surface area contributed by atoms with Gasteiger partial charge in [-0.3, -0.25) is 4.79 Å². The minimum atomic E-state index is -1.02. The molecular weight excluding hydrogens is 436 g/mol. The average molecular weight is 495 g/mol. The molecule has 1 atom stereocenters. The number of hydrogen-bond acceptors (Lipinski definition) is 3. The summed E-state index contributed by atoms with van der Waals surface area (Å²) in [7, 11) is 5.57. The van der Waals surface area contributed by atoms with E-state index in [0.717, 1.165) is 12.8 Å². The zero-order valence-corrected chi connectivity index (χ0v) is 23.8. The molecule has 0 aliphatic carbocycles. The number of carboxylic acid groups (broad SMARTS) is 1. The van der Waals surface area contributed by atoms with E-state index in [4.69, 9.17) is 0 Å².